The van der Waals surface area contributed by atoms with E-state index >= 15 is 0 Å². The zero-order valence-corrected chi connectivity index (χ0v) is 9.00. The van der Waals surface area contributed by atoms with E-state index in [1.807, 2.05) is 6.92 Å². The standard InChI is InChI=1S/C12H15NO2/c1-4-5-12(15)13-10-6-9(3)11(14)7-8(10)2/h4,6-7,14H,1,5H2,2-3H3,(H,13,15). The minimum absolute atomic E-state index is 0.0989. The van der Waals surface area contributed by atoms with Crippen molar-refractivity contribution in [3.05, 3.63) is 35.9 Å². The van der Waals surface area contributed by atoms with Crippen molar-refractivity contribution in [2.24, 2.45) is 0 Å². The van der Waals surface area contributed by atoms with Crippen molar-refractivity contribution in [3.8, 4) is 5.75 Å². The molecule has 1 aromatic carbocycles. The first-order valence-electron chi connectivity index (χ1n) is 4.75. The Kier molecular flexibility index (Phi) is 3.50. The zero-order valence-electron chi connectivity index (χ0n) is 9.00. The molecule has 0 fully saturated rings. The highest BCUT2D eigenvalue weighted by atomic mass is 16.3. The first-order valence-corrected chi connectivity index (χ1v) is 4.75. The Morgan fingerprint density at radius 3 is 2.73 bits per heavy atom. The molecule has 1 rings (SSSR count). The van der Waals surface area contributed by atoms with Crippen LogP contribution in [0.15, 0.2) is 24.8 Å². The van der Waals surface area contributed by atoms with Crippen molar-refractivity contribution in [1.82, 2.24) is 0 Å². The summed E-state index contributed by atoms with van der Waals surface area (Å²) in [6.45, 7) is 7.12. The van der Waals surface area contributed by atoms with E-state index in [4.69, 9.17) is 0 Å². The quantitative estimate of drug-likeness (QED) is 0.588. The Labute approximate surface area is 89.4 Å². The fourth-order valence-corrected chi connectivity index (χ4v) is 1.27. The summed E-state index contributed by atoms with van der Waals surface area (Å²) < 4.78 is 0. The molecule has 0 aliphatic carbocycles. The molecule has 0 spiro atoms. The average Bonchev–Trinajstić information content (AvgIpc) is 2.14. The Morgan fingerprint density at radius 1 is 1.47 bits per heavy atom. The summed E-state index contributed by atoms with van der Waals surface area (Å²) in [6, 6.07) is 3.39. The average molecular weight is 205 g/mol. The third-order valence-corrected chi connectivity index (χ3v) is 2.15. The number of carbonyl (C=O) groups is 1. The predicted molar refractivity (Wildman–Crippen MR) is 61.0 cm³/mol. The number of benzene rings is 1. The molecule has 0 heterocycles. The van der Waals surface area contributed by atoms with Gasteiger partial charge in [0.05, 0.1) is 0 Å². The van der Waals surface area contributed by atoms with Crippen LogP contribution in [-0.4, -0.2) is 11.0 Å². The van der Waals surface area contributed by atoms with Gasteiger partial charge >= 0.3 is 0 Å². The van der Waals surface area contributed by atoms with Crippen molar-refractivity contribution < 1.29 is 9.90 Å². The molecule has 3 heteroatoms. The molecule has 0 unspecified atom stereocenters. The normalized spacial score (nSPS) is 9.73. The molecule has 0 aliphatic heterocycles. The van der Waals surface area contributed by atoms with Crippen LogP contribution in [0.5, 0.6) is 5.75 Å². The van der Waals surface area contributed by atoms with Crippen LogP contribution < -0.4 is 5.32 Å². The number of aromatic hydroxyl groups is 1. The summed E-state index contributed by atoms with van der Waals surface area (Å²) in [6.07, 6.45) is 1.84. The SMILES string of the molecule is C=CCC(=O)Nc1cc(C)c(O)cc1C. The van der Waals surface area contributed by atoms with Crippen LogP contribution in [0.3, 0.4) is 0 Å². The molecule has 0 saturated heterocycles. The van der Waals surface area contributed by atoms with Crippen molar-refractivity contribution >= 4 is 11.6 Å². The summed E-state index contributed by atoms with van der Waals surface area (Å²) in [7, 11) is 0. The van der Waals surface area contributed by atoms with E-state index < -0.39 is 0 Å². The van der Waals surface area contributed by atoms with E-state index in [1.165, 1.54) is 0 Å². The monoisotopic (exact) mass is 205 g/mol. The van der Waals surface area contributed by atoms with Crippen molar-refractivity contribution in [2.45, 2.75) is 20.3 Å². The van der Waals surface area contributed by atoms with Gasteiger partial charge in [-0.1, -0.05) is 6.08 Å². The summed E-state index contributed by atoms with van der Waals surface area (Å²) in [5.41, 5.74) is 2.32. The lowest BCUT2D eigenvalue weighted by molar-refractivity contribution is -0.115. The van der Waals surface area contributed by atoms with Crippen LogP contribution in [0.2, 0.25) is 0 Å². The largest absolute Gasteiger partial charge is 0.508 e. The highest BCUT2D eigenvalue weighted by Gasteiger charge is 2.05. The van der Waals surface area contributed by atoms with E-state index in [-0.39, 0.29) is 11.7 Å². The van der Waals surface area contributed by atoms with Gasteiger partial charge in [0, 0.05) is 12.1 Å². The lowest BCUT2D eigenvalue weighted by atomic mass is 10.1. The van der Waals surface area contributed by atoms with Gasteiger partial charge in [0.2, 0.25) is 5.91 Å². The molecule has 0 saturated carbocycles. The molecule has 1 amide bonds. The van der Waals surface area contributed by atoms with Crippen LogP contribution in [-0.2, 0) is 4.79 Å². The maximum atomic E-state index is 11.3. The van der Waals surface area contributed by atoms with Gasteiger partial charge < -0.3 is 10.4 Å². The highest BCUT2D eigenvalue weighted by molar-refractivity contribution is 5.92. The van der Waals surface area contributed by atoms with Gasteiger partial charge in [-0.05, 0) is 37.1 Å². The van der Waals surface area contributed by atoms with E-state index in [0.29, 0.717) is 6.42 Å². The molecule has 0 aliphatic rings. The fraction of sp³-hybridized carbons (Fsp3) is 0.250. The molecule has 0 atom stereocenters. The number of hydrogen-bond donors (Lipinski definition) is 2. The van der Waals surface area contributed by atoms with E-state index in [2.05, 4.69) is 11.9 Å². The Morgan fingerprint density at radius 2 is 2.13 bits per heavy atom. The molecule has 0 bridgehead atoms. The van der Waals surface area contributed by atoms with E-state index in [9.17, 15) is 9.90 Å². The van der Waals surface area contributed by atoms with Gasteiger partial charge in [-0.25, -0.2) is 0 Å². The van der Waals surface area contributed by atoms with Crippen molar-refractivity contribution in [2.75, 3.05) is 5.32 Å². The van der Waals surface area contributed by atoms with Gasteiger partial charge in [0.1, 0.15) is 5.75 Å². The van der Waals surface area contributed by atoms with Crippen molar-refractivity contribution in [1.29, 1.82) is 0 Å². The number of aryl methyl sites for hydroxylation is 2. The van der Waals surface area contributed by atoms with Gasteiger partial charge in [0.15, 0.2) is 0 Å². The Hall–Kier alpha value is -1.77. The number of anilines is 1. The summed E-state index contributed by atoms with van der Waals surface area (Å²) in [5, 5.41) is 12.2. The number of nitrogens with one attached hydrogen (secondary N) is 1. The first kappa shape index (κ1) is 11.3. The smallest absolute Gasteiger partial charge is 0.228 e. The minimum Gasteiger partial charge on any atom is -0.508 e. The lowest BCUT2D eigenvalue weighted by Gasteiger charge is -2.09. The predicted octanol–water partition coefficient (Wildman–Crippen LogP) is 2.52. The number of amides is 1. The summed E-state index contributed by atoms with van der Waals surface area (Å²) in [5.74, 6) is 0.146. The number of carbonyl (C=O) groups excluding carboxylic acids is 1. The van der Waals surface area contributed by atoms with Crippen LogP contribution in [0, 0.1) is 13.8 Å². The van der Waals surface area contributed by atoms with Crippen LogP contribution >= 0.6 is 0 Å². The zero-order chi connectivity index (χ0) is 11.4. The molecule has 2 N–H and O–H groups in total. The number of rotatable bonds is 3. The maximum absolute atomic E-state index is 11.3. The Balaban J connectivity index is 2.90. The second-order valence-corrected chi connectivity index (χ2v) is 3.49. The minimum atomic E-state index is -0.0989. The van der Waals surface area contributed by atoms with Crippen LogP contribution in [0.25, 0.3) is 0 Å². The van der Waals surface area contributed by atoms with Gasteiger partial charge in [0.25, 0.3) is 0 Å². The second kappa shape index (κ2) is 4.64. The third kappa shape index (κ3) is 2.84. The van der Waals surface area contributed by atoms with E-state index in [1.54, 1.807) is 25.1 Å². The van der Waals surface area contributed by atoms with E-state index in [0.717, 1.165) is 16.8 Å². The lowest BCUT2D eigenvalue weighted by Crippen LogP contribution is -2.11. The summed E-state index contributed by atoms with van der Waals surface area (Å²) in [4.78, 5) is 11.3. The van der Waals surface area contributed by atoms with Gasteiger partial charge in [-0.3, -0.25) is 4.79 Å². The molecule has 0 radical (unpaired) electrons. The molecule has 15 heavy (non-hydrogen) atoms. The topological polar surface area (TPSA) is 49.3 Å². The molecule has 80 valence electrons. The van der Waals surface area contributed by atoms with Gasteiger partial charge in [-0.15, -0.1) is 6.58 Å². The molecular weight excluding hydrogens is 190 g/mol. The third-order valence-electron chi connectivity index (χ3n) is 2.15. The molecule has 3 nitrogen and oxygen atoms in total. The highest BCUT2D eigenvalue weighted by Crippen LogP contribution is 2.24. The number of hydrogen-bond acceptors (Lipinski definition) is 2. The number of phenolic OH excluding ortho intramolecular Hbond substituents is 1. The molecule has 0 aromatic heterocycles. The van der Waals surface area contributed by atoms with Crippen LogP contribution in [0.4, 0.5) is 5.69 Å². The molecular formula is C12H15NO2. The number of phenols is 1. The second-order valence-electron chi connectivity index (χ2n) is 3.49. The van der Waals surface area contributed by atoms with Crippen molar-refractivity contribution in [3.63, 3.8) is 0 Å². The Bertz CT molecular complexity index is 397. The summed E-state index contributed by atoms with van der Waals surface area (Å²) >= 11 is 0. The van der Waals surface area contributed by atoms with Gasteiger partial charge in [-0.2, -0.15) is 0 Å². The molecule has 1 aromatic rings. The fourth-order valence-electron chi connectivity index (χ4n) is 1.27. The first-order chi connectivity index (χ1) is 7.04. The van der Waals surface area contributed by atoms with Crippen LogP contribution in [0.1, 0.15) is 17.5 Å². The maximum Gasteiger partial charge on any atom is 0.228 e.